The Hall–Kier alpha value is -0.870. The van der Waals surface area contributed by atoms with Gasteiger partial charge in [-0.3, -0.25) is 0 Å². The lowest BCUT2D eigenvalue weighted by Crippen LogP contribution is -2.53. The largest absolute Gasteiger partial charge is 0.365 e. The summed E-state index contributed by atoms with van der Waals surface area (Å²) in [5.74, 6) is 1.68. The first-order chi connectivity index (χ1) is 8.24. The van der Waals surface area contributed by atoms with Gasteiger partial charge in [0.2, 0.25) is 0 Å². The molecule has 4 rings (SSSR count). The number of nitrogens with zero attached hydrogens (tertiary/aromatic N) is 3. The van der Waals surface area contributed by atoms with Gasteiger partial charge in [-0.15, -0.1) is 0 Å². The number of anilines is 1. The molecule has 1 atom stereocenters. The highest BCUT2D eigenvalue weighted by molar-refractivity contribution is 6.30. The second-order valence-electron chi connectivity index (χ2n) is 5.03. The van der Waals surface area contributed by atoms with Gasteiger partial charge in [-0.25, -0.2) is 9.97 Å². The van der Waals surface area contributed by atoms with Crippen molar-refractivity contribution < 1.29 is 0 Å². The molecule has 5 heteroatoms. The van der Waals surface area contributed by atoms with Crippen molar-refractivity contribution in [3.05, 3.63) is 17.0 Å². The van der Waals surface area contributed by atoms with Crippen LogP contribution < -0.4 is 5.32 Å². The quantitative estimate of drug-likeness (QED) is 0.817. The summed E-state index contributed by atoms with van der Waals surface area (Å²) in [6, 6.07) is 0.516. The van der Waals surface area contributed by atoms with Crippen LogP contribution in [0.15, 0.2) is 6.33 Å². The van der Waals surface area contributed by atoms with E-state index in [2.05, 4.69) is 20.2 Å². The van der Waals surface area contributed by atoms with Crippen molar-refractivity contribution in [2.24, 2.45) is 5.92 Å². The Kier molecular flexibility index (Phi) is 2.92. The third kappa shape index (κ3) is 2.11. The Morgan fingerprint density at radius 2 is 2.12 bits per heavy atom. The minimum Gasteiger partial charge on any atom is -0.365 e. The molecular weight excluding hydrogens is 236 g/mol. The smallest absolute Gasteiger partial charge is 0.137 e. The van der Waals surface area contributed by atoms with E-state index in [4.69, 9.17) is 11.6 Å². The molecule has 3 aliphatic rings. The predicted molar refractivity (Wildman–Crippen MR) is 68.4 cm³/mol. The minimum atomic E-state index is 0.516. The van der Waals surface area contributed by atoms with E-state index < -0.39 is 0 Å². The fourth-order valence-electron chi connectivity index (χ4n) is 2.88. The first-order valence-corrected chi connectivity index (χ1v) is 6.58. The summed E-state index contributed by atoms with van der Waals surface area (Å²) in [5.41, 5.74) is 0.950. The Balaban J connectivity index is 1.76. The van der Waals surface area contributed by atoms with E-state index >= 15 is 0 Å². The molecule has 3 saturated heterocycles. The monoisotopic (exact) mass is 252 g/mol. The van der Waals surface area contributed by atoms with E-state index in [-0.39, 0.29) is 0 Å². The summed E-state index contributed by atoms with van der Waals surface area (Å²) in [6.45, 7) is 5.61. The van der Waals surface area contributed by atoms with E-state index in [1.807, 2.05) is 6.92 Å². The molecule has 1 aromatic rings. The summed E-state index contributed by atoms with van der Waals surface area (Å²) < 4.78 is 0. The van der Waals surface area contributed by atoms with Gasteiger partial charge in [-0.05, 0) is 38.8 Å². The first kappa shape index (κ1) is 11.2. The van der Waals surface area contributed by atoms with E-state index in [9.17, 15) is 0 Å². The average molecular weight is 253 g/mol. The molecule has 17 heavy (non-hydrogen) atoms. The van der Waals surface area contributed by atoms with Crippen LogP contribution in [0, 0.1) is 12.8 Å². The third-order valence-corrected chi connectivity index (χ3v) is 4.38. The van der Waals surface area contributed by atoms with Crippen molar-refractivity contribution in [1.29, 1.82) is 0 Å². The van der Waals surface area contributed by atoms with Crippen LogP contribution in [0.1, 0.15) is 18.4 Å². The molecule has 0 radical (unpaired) electrons. The molecule has 1 N–H and O–H groups in total. The summed E-state index contributed by atoms with van der Waals surface area (Å²) in [6.07, 6.45) is 4.13. The SMILES string of the molecule is Cc1c(Cl)ncnc1NC1CN2CCC1CC2. The second-order valence-corrected chi connectivity index (χ2v) is 5.38. The van der Waals surface area contributed by atoms with Crippen LogP contribution in [0.2, 0.25) is 5.15 Å². The van der Waals surface area contributed by atoms with Crippen LogP contribution in [-0.2, 0) is 0 Å². The van der Waals surface area contributed by atoms with Crippen molar-refractivity contribution >= 4 is 17.4 Å². The van der Waals surface area contributed by atoms with Gasteiger partial charge >= 0.3 is 0 Å². The number of hydrogen-bond acceptors (Lipinski definition) is 4. The Bertz CT molecular complexity index is 415. The number of aromatic nitrogens is 2. The maximum absolute atomic E-state index is 6.01. The number of fused-ring (bicyclic) bond motifs is 3. The maximum atomic E-state index is 6.01. The number of nitrogens with one attached hydrogen (secondary N) is 1. The molecule has 3 fully saturated rings. The minimum absolute atomic E-state index is 0.516. The third-order valence-electron chi connectivity index (χ3n) is 4.00. The van der Waals surface area contributed by atoms with E-state index in [1.165, 1.54) is 32.3 Å². The number of halogens is 1. The zero-order valence-corrected chi connectivity index (χ0v) is 10.7. The topological polar surface area (TPSA) is 41.1 Å². The zero-order valence-electron chi connectivity index (χ0n) is 9.99. The predicted octanol–water partition coefficient (Wildman–Crippen LogP) is 1.94. The molecule has 1 aromatic heterocycles. The van der Waals surface area contributed by atoms with Crippen molar-refractivity contribution in [2.75, 3.05) is 25.0 Å². The van der Waals surface area contributed by atoms with E-state index in [1.54, 1.807) is 0 Å². The zero-order chi connectivity index (χ0) is 11.8. The van der Waals surface area contributed by atoms with Gasteiger partial charge in [0.05, 0.1) is 0 Å². The standard InChI is InChI=1S/C12H17ClN4/c1-8-11(13)14-7-15-12(8)16-10-6-17-4-2-9(10)3-5-17/h7,9-10H,2-6H2,1H3,(H,14,15,16). The fraction of sp³-hybridized carbons (Fsp3) is 0.667. The highest BCUT2D eigenvalue weighted by Gasteiger charge is 2.34. The van der Waals surface area contributed by atoms with Crippen LogP contribution >= 0.6 is 11.6 Å². The van der Waals surface area contributed by atoms with E-state index in [0.717, 1.165) is 23.8 Å². The van der Waals surface area contributed by atoms with Crippen LogP contribution in [0.5, 0.6) is 0 Å². The van der Waals surface area contributed by atoms with Gasteiger partial charge in [0.25, 0.3) is 0 Å². The molecule has 1 unspecified atom stereocenters. The molecule has 3 aliphatic heterocycles. The van der Waals surface area contributed by atoms with Crippen LogP contribution in [0.4, 0.5) is 5.82 Å². The number of rotatable bonds is 2. The van der Waals surface area contributed by atoms with Crippen molar-refractivity contribution in [3.8, 4) is 0 Å². The molecule has 0 spiro atoms. The Morgan fingerprint density at radius 3 is 2.76 bits per heavy atom. The number of piperidine rings is 3. The lowest BCUT2D eigenvalue weighted by molar-refractivity contribution is 0.0973. The summed E-state index contributed by atoms with van der Waals surface area (Å²) >= 11 is 6.01. The lowest BCUT2D eigenvalue weighted by Gasteiger charge is -2.45. The highest BCUT2D eigenvalue weighted by atomic mass is 35.5. The van der Waals surface area contributed by atoms with Gasteiger partial charge in [0, 0.05) is 18.2 Å². The molecule has 0 amide bonds. The van der Waals surface area contributed by atoms with Gasteiger partial charge in [-0.1, -0.05) is 11.6 Å². The molecule has 0 aromatic carbocycles. The van der Waals surface area contributed by atoms with Crippen molar-refractivity contribution in [2.45, 2.75) is 25.8 Å². The average Bonchev–Trinajstić information content (AvgIpc) is 2.36. The normalized spacial score (nSPS) is 31.5. The summed E-state index contributed by atoms with van der Waals surface area (Å²) in [7, 11) is 0. The Morgan fingerprint density at radius 1 is 1.35 bits per heavy atom. The summed E-state index contributed by atoms with van der Waals surface area (Å²) in [4.78, 5) is 10.8. The highest BCUT2D eigenvalue weighted by Crippen LogP contribution is 2.30. The van der Waals surface area contributed by atoms with Crippen molar-refractivity contribution in [1.82, 2.24) is 14.9 Å². The maximum Gasteiger partial charge on any atom is 0.137 e. The van der Waals surface area contributed by atoms with Gasteiger partial charge in [-0.2, -0.15) is 0 Å². The van der Waals surface area contributed by atoms with Crippen molar-refractivity contribution in [3.63, 3.8) is 0 Å². The fourth-order valence-corrected chi connectivity index (χ4v) is 3.01. The molecule has 4 heterocycles. The molecule has 2 bridgehead atoms. The molecule has 4 nitrogen and oxygen atoms in total. The van der Waals surface area contributed by atoms with Crippen LogP contribution in [0.25, 0.3) is 0 Å². The first-order valence-electron chi connectivity index (χ1n) is 6.20. The summed E-state index contributed by atoms with van der Waals surface area (Å²) in [5, 5.41) is 4.09. The number of hydrogen-bond donors (Lipinski definition) is 1. The Labute approximate surface area is 106 Å². The van der Waals surface area contributed by atoms with Crippen LogP contribution in [-0.4, -0.2) is 40.5 Å². The molecule has 0 aliphatic carbocycles. The van der Waals surface area contributed by atoms with E-state index in [0.29, 0.717) is 11.2 Å². The lowest BCUT2D eigenvalue weighted by atomic mass is 9.84. The van der Waals surface area contributed by atoms with Gasteiger partial charge in [0.1, 0.15) is 17.3 Å². The van der Waals surface area contributed by atoms with Gasteiger partial charge in [0.15, 0.2) is 0 Å². The van der Waals surface area contributed by atoms with Crippen LogP contribution in [0.3, 0.4) is 0 Å². The van der Waals surface area contributed by atoms with Gasteiger partial charge < -0.3 is 10.2 Å². The molecule has 92 valence electrons. The molecular formula is C12H17ClN4. The molecule has 0 saturated carbocycles. The second kappa shape index (κ2) is 4.42.